The Morgan fingerprint density at radius 2 is 1.92 bits per heavy atom. The third kappa shape index (κ3) is 3.83. The van der Waals surface area contributed by atoms with Crippen LogP contribution in [0.3, 0.4) is 0 Å². The van der Waals surface area contributed by atoms with Crippen molar-refractivity contribution in [2.45, 2.75) is 50.5 Å². The Morgan fingerprint density at radius 3 is 2.54 bits per heavy atom. The molecule has 1 amide bonds. The zero-order valence-electron chi connectivity index (χ0n) is 15.1. The Morgan fingerprint density at radius 1 is 1.19 bits per heavy atom. The minimum Gasteiger partial charge on any atom is -0.456 e. The minimum atomic E-state index is -3.52. The summed E-state index contributed by atoms with van der Waals surface area (Å²) < 4.78 is 32.8. The zero-order chi connectivity index (χ0) is 18.7. The third-order valence-corrected chi connectivity index (χ3v) is 6.69. The van der Waals surface area contributed by atoms with Gasteiger partial charge in [0.05, 0.1) is 4.90 Å². The molecule has 1 atom stereocenters. The van der Waals surface area contributed by atoms with E-state index in [4.69, 9.17) is 4.42 Å². The highest BCUT2D eigenvalue weighted by Crippen LogP contribution is 2.27. The van der Waals surface area contributed by atoms with Crippen LogP contribution < -0.4 is 5.32 Å². The fourth-order valence-corrected chi connectivity index (χ4v) is 5.06. The largest absolute Gasteiger partial charge is 0.456 e. The standard InChI is InChI=1S/C19H24N2O4S/c1-3-16-6-4-5-13-21(16)26(23,24)17-10-8-15(9-11-17)20-19(22)18-12-7-14(2)25-18/h7-12,16H,3-6,13H2,1-2H3,(H,20,22). The van der Waals surface area contributed by atoms with Crippen LogP contribution in [0.25, 0.3) is 0 Å². The number of anilines is 1. The van der Waals surface area contributed by atoms with E-state index in [0.717, 1.165) is 25.7 Å². The molecule has 1 fully saturated rings. The first-order valence-electron chi connectivity index (χ1n) is 8.91. The summed E-state index contributed by atoms with van der Waals surface area (Å²) in [5, 5.41) is 2.71. The summed E-state index contributed by atoms with van der Waals surface area (Å²) in [6.45, 7) is 4.35. The Labute approximate surface area is 154 Å². The molecule has 140 valence electrons. The molecule has 1 aromatic carbocycles. The first kappa shape index (κ1) is 18.7. The number of nitrogens with one attached hydrogen (secondary N) is 1. The van der Waals surface area contributed by atoms with E-state index in [1.54, 1.807) is 47.6 Å². The van der Waals surface area contributed by atoms with Gasteiger partial charge in [0.15, 0.2) is 5.76 Å². The molecular formula is C19H24N2O4S. The molecule has 2 aromatic rings. The zero-order valence-corrected chi connectivity index (χ0v) is 15.9. The topological polar surface area (TPSA) is 79.6 Å². The van der Waals surface area contributed by atoms with E-state index >= 15 is 0 Å². The highest BCUT2D eigenvalue weighted by molar-refractivity contribution is 7.89. The number of nitrogens with zero attached hydrogens (tertiary/aromatic N) is 1. The number of hydrogen-bond donors (Lipinski definition) is 1. The Bertz CT molecular complexity index is 871. The molecule has 1 N–H and O–H groups in total. The summed E-state index contributed by atoms with van der Waals surface area (Å²) in [6.07, 6.45) is 3.69. The van der Waals surface area contributed by atoms with Crippen LogP contribution in [0.2, 0.25) is 0 Å². The number of rotatable bonds is 5. The van der Waals surface area contributed by atoms with Gasteiger partial charge in [-0.05, 0) is 62.6 Å². The van der Waals surface area contributed by atoms with Crippen LogP contribution in [0.5, 0.6) is 0 Å². The van der Waals surface area contributed by atoms with Gasteiger partial charge < -0.3 is 9.73 Å². The predicted molar refractivity (Wildman–Crippen MR) is 99.7 cm³/mol. The van der Waals surface area contributed by atoms with Gasteiger partial charge in [-0.25, -0.2) is 8.42 Å². The van der Waals surface area contributed by atoms with E-state index in [1.165, 1.54) is 0 Å². The van der Waals surface area contributed by atoms with E-state index in [0.29, 0.717) is 18.0 Å². The number of piperidine rings is 1. The van der Waals surface area contributed by atoms with Crippen LogP contribution in [0, 0.1) is 6.92 Å². The molecule has 1 aliphatic heterocycles. The fourth-order valence-electron chi connectivity index (χ4n) is 3.29. The van der Waals surface area contributed by atoms with Crippen molar-refractivity contribution in [1.82, 2.24) is 4.31 Å². The molecule has 0 spiro atoms. The molecule has 1 saturated heterocycles. The molecule has 0 aliphatic carbocycles. The number of furan rings is 1. The second kappa shape index (κ2) is 7.63. The van der Waals surface area contributed by atoms with E-state index in [1.807, 2.05) is 6.92 Å². The molecule has 0 saturated carbocycles. The number of aryl methyl sites for hydroxylation is 1. The smallest absolute Gasteiger partial charge is 0.291 e. The van der Waals surface area contributed by atoms with Gasteiger partial charge in [-0.15, -0.1) is 0 Å². The van der Waals surface area contributed by atoms with E-state index in [-0.39, 0.29) is 22.6 Å². The summed E-state index contributed by atoms with van der Waals surface area (Å²) in [5.74, 6) is 0.512. The normalized spacial score (nSPS) is 18.6. The summed E-state index contributed by atoms with van der Waals surface area (Å²) in [5.41, 5.74) is 0.522. The minimum absolute atomic E-state index is 0.0651. The maximum atomic E-state index is 12.9. The van der Waals surface area contributed by atoms with Gasteiger partial charge in [0, 0.05) is 18.3 Å². The van der Waals surface area contributed by atoms with Gasteiger partial charge in [-0.3, -0.25) is 4.79 Å². The molecule has 6 nitrogen and oxygen atoms in total. The van der Waals surface area contributed by atoms with Crippen molar-refractivity contribution >= 4 is 21.6 Å². The Balaban J connectivity index is 1.75. The number of amides is 1. The lowest BCUT2D eigenvalue weighted by atomic mass is 10.0. The molecule has 3 rings (SSSR count). The fraction of sp³-hybridized carbons (Fsp3) is 0.421. The highest BCUT2D eigenvalue weighted by atomic mass is 32.2. The second-order valence-corrected chi connectivity index (χ2v) is 8.45. The molecule has 1 unspecified atom stereocenters. The van der Waals surface area contributed by atoms with Crippen molar-refractivity contribution in [2.75, 3.05) is 11.9 Å². The van der Waals surface area contributed by atoms with Gasteiger partial charge in [0.25, 0.3) is 5.91 Å². The van der Waals surface area contributed by atoms with Crippen LogP contribution in [-0.2, 0) is 10.0 Å². The SMILES string of the molecule is CCC1CCCCN1S(=O)(=O)c1ccc(NC(=O)c2ccc(C)o2)cc1. The van der Waals surface area contributed by atoms with Gasteiger partial charge >= 0.3 is 0 Å². The predicted octanol–water partition coefficient (Wildman–Crippen LogP) is 3.79. The maximum absolute atomic E-state index is 12.9. The van der Waals surface area contributed by atoms with Crippen molar-refractivity contribution in [3.8, 4) is 0 Å². The van der Waals surface area contributed by atoms with Crippen molar-refractivity contribution < 1.29 is 17.6 Å². The van der Waals surface area contributed by atoms with Crippen molar-refractivity contribution in [3.05, 3.63) is 47.9 Å². The molecule has 7 heteroatoms. The van der Waals surface area contributed by atoms with Gasteiger partial charge in [0.1, 0.15) is 5.76 Å². The number of sulfonamides is 1. The van der Waals surface area contributed by atoms with Crippen LogP contribution in [0.4, 0.5) is 5.69 Å². The number of benzene rings is 1. The van der Waals surface area contributed by atoms with Crippen LogP contribution >= 0.6 is 0 Å². The lowest BCUT2D eigenvalue weighted by molar-refractivity contribution is 0.0995. The van der Waals surface area contributed by atoms with E-state index in [9.17, 15) is 13.2 Å². The lowest BCUT2D eigenvalue weighted by Gasteiger charge is -2.34. The Kier molecular flexibility index (Phi) is 5.48. The molecule has 0 bridgehead atoms. The first-order valence-corrected chi connectivity index (χ1v) is 10.4. The van der Waals surface area contributed by atoms with Crippen molar-refractivity contribution in [1.29, 1.82) is 0 Å². The summed E-state index contributed by atoms with van der Waals surface area (Å²) in [4.78, 5) is 12.4. The van der Waals surface area contributed by atoms with Crippen molar-refractivity contribution in [3.63, 3.8) is 0 Å². The number of carbonyl (C=O) groups is 1. The molecule has 1 aliphatic rings. The summed E-state index contributed by atoms with van der Waals surface area (Å²) in [7, 11) is -3.52. The number of carbonyl (C=O) groups excluding carboxylic acids is 1. The molecule has 26 heavy (non-hydrogen) atoms. The Hall–Kier alpha value is -2.12. The maximum Gasteiger partial charge on any atom is 0.291 e. The van der Waals surface area contributed by atoms with E-state index < -0.39 is 10.0 Å². The quantitative estimate of drug-likeness (QED) is 0.861. The van der Waals surface area contributed by atoms with Gasteiger partial charge in [-0.2, -0.15) is 4.31 Å². The van der Waals surface area contributed by atoms with Crippen LogP contribution in [0.1, 0.15) is 48.9 Å². The summed E-state index contributed by atoms with van der Waals surface area (Å²) in [6, 6.07) is 9.67. The molecular weight excluding hydrogens is 352 g/mol. The van der Waals surface area contributed by atoms with Gasteiger partial charge in [-0.1, -0.05) is 13.3 Å². The lowest BCUT2D eigenvalue weighted by Crippen LogP contribution is -2.43. The van der Waals surface area contributed by atoms with Crippen LogP contribution in [-0.4, -0.2) is 31.2 Å². The highest BCUT2D eigenvalue weighted by Gasteiger charge is 2.32. The first-order chi connectivity index (χ1) is 12.4. The molecule has 1 aromatic heterocycles. The second-order valence-electron chi connectivity index (χ2n) is 6.56. The number of hydrogen-bond acceptors (Lipinski definition) is 4. The monoisotopic (exact) mass is 376 g/mol. The molecule has 2 heterocycles. The van der Waals surface area contributed by atoms with E-state index in [2.05, 4.69) is 5.32 Å². The van der Waals surface area contributed by atoms with Gasteiger partial charge in [0.2, 0.25) is 10.0 Å². The van der Waals surface area contributed by atoms with Crippen LogP contribution in [0.15, 0.2) is 45.7 Å². The summed E-state index contributed by atoms with van der Waals surface area (Å²) >= 11 is 0. The average molecular weight is 376 g/mol. The molecule has 0 radical (unpaired) electrons. The third-order valence-electron chi connectivity index (χ3n) is 4.73. The van der Waals surface area contributed by atoms with Crippen molar-refractivity contribution in [2.24, 2.45) is 0 Å². The average Bonchev–Trinajstić information content (AvgIpc) is 3.08.